The number of methoxy groups -OCH3 is 1. The number of aromatic nitrogens is 3. The van der Waals surface area contributed by atoms with Gasteiger partial charge in [0.2, 0.25) is 0 Å². The number of rotatable bonds is 5. The number of fused-ring (bicyclic) bond motifs is 1. The highest BCUT2D eigenvalue weighted by molar-refractivity contribution is 5.88. The van der Waals surface area contributed by atoms with Crippen LogP contribution >= 0.6 is 0 Å². The Morgan fingerprint density at radius 2 is 1.97 bits per heavy atom. The molecule has 0 radical (unpaired) electrons. The van der Waals surface area contributed by atoms with Crippen molar-refractivity contribution < 1.29 is 4.74 Å². The summed E-state index contributed by atoms with van der Waals surface area (Å²) in [4.78, 5) is 13.9. The minimum atomic E-state index is -0.120. The van der Waals surface area contributed by atoms with E-state index in [1.54, 1.807) is 19.6 Å². The maximum Gasteiger partial charge on any atom is 0.129 e. The number of hydrogen-bond acceptors (Lipinski definition) is 7. The van der Waals surface area contributed by atoms with Gasteiger partial charge in [0.05, 0.1) is 24.7 Å². The molecule has 1 atom stereocenters. The van der Waals surface area contributed by atoms with Crippen molar-refractivity contribution in [2.24, 2.45) is 4.99 Å². The van der Waals surface area contributed by atoms with Crippen molar-refractivity contribution in [3.63, 3.8) is 0 Å². The summed E-state index contributed by atoms with van der Waals surface area (Å²) >= 11 is 0. The van der Waals surface area contributed by atoms with E-state index in [-0.39, 0.29) is 6.04 Å². The first-order valence-electron chi connectivity index (χ1n) is 11.1. The quantitative estimate of drug-likeness (QED) is 0.646. The number of nitrogens with one attached hydrogen (secondary N) is 2. The van der Waals surface area contributed by atoms with Gasteiger partial charge in [0, 0.05) is 55.6 Å². The normalized spacial score (nSPS) is 19.3. The first-order valence-corrected chi connectivity index (χ1v) is 11.1. The van der Waals surface area contributed by atoms with Crippen LogP contribution in [0.5, 0.6) is 5.75 Å². The van der Waals surface area contributed by atoms with E-state index in [0.29, 0.717) is 6.04 Å². The molecule has 3 aromatic rings. The fourth-order valence-electron chi connectivity index (χ4n) is 4.46. The molecule has 1 unspecified atom stereocenters. The SMILES string of the molecule is COc1ccncc1-c1ccc2n[nH]c(C3C=C(N4CCN(C(C)C)CC4)NC=N3)c2c1. The van der Waals surface area contributed by atoms with Crippen molar-refractivity contribution in [1.29, 1.82) is 0 Å². The van der Waals surface area contributed by atoms with E-state index in [9.17, 15) is 0 Å². The van der Waals surface area contributed by atoms with Gasteiger partial charge in [-0.2, -0.15) is 5.10 Å². The molecule has 166 valence electrons. The van der Waals surface area contributed by atoms with Gasteiger partial charge >= 0.3 is 0 Å². The van der Waals surface area contributed by atoms with Crippen molar-refractivity contribution in [1.82, 2.24) is 30.3 Å². The Bertz CT molecular complexity index is 1160. The lowest BCUT2D eigenvalue weighted by molar-refractivity contribution is 0.126. The van der Waals surface area contributed by atoms with Crippen molar-refractivity contribution in [3.8, 4) is 16.9 Å². The molecule has 1 saturated heterocycles. The molecule has 1 aromatic carbocycles. The first-order chi connectivity index (χ1) is 15.6. The zero-order chi connectivity index (χ0) is 22.1. The highest BCUT2D eigenvalue weighted by atomic mass is 16.5. The average Bonchev–Trinajstić information content (AvgIpc) is 3.27. The molecule has 2 N–H and O–H groups in total. The molecule has 2 aromatic heterocycles. The number of benzene rings is 1. The Morgan fingerprint density at radius 3 is 2.75 bits per heavy atom. The lowest BCUT2D eigenvalue weighted by atomic mass is 10.0. The van der Waals surface area contributed by atoms with Gasteiger partial charge in [-0.1, -0.05) is 6.07 Å². The minimum Gasteiger partial charge on any atom is -0.496 e. The van der Waals surface area contributed by atoms with Gasteiger partial charge in [-0.15, -0.1) is 0 Å². The van der Waals surface area contributed by atoms with Gasteiger partial charge < -0.3 is 15.0 Å². The second-order valence-corrected chi connectivity index (χ2v) is 8.48. The second kappa shape index (κ2) is 8.63. The molecule has 4 heterocycles. The second-order valence-electron chi connectivity index (χ2n) is 8.48. The molecule has 0 aliphatic carbocycles. The molecule has 8 nitrogen and oxygen atoms in total. The number of hydrogen-bond donors (Lipinski definition) is 2. The van der Waals surface area contributed by atoms with E-state index >= 15 is 0 Å². The number of ether oxygens (including phenoxy) is 1. The molecular weight excluding hydrogens is 402 g/mol. The van der Waals surface area contributed by atoms with Gasteiger partial charge in [0.1, 0.15) is 17.6 Å². The number of nitrogens with zero attached hydrogens (tertiary/aromatic N) is 5. The largest absolute Gasteiger partial charge is 0.496 e. The van der Waals surface area contributed by atoms with Crippen molar-refractivity contribution in [2.45, 2.75) is 25.9 Å². The molecular formula is C24H29N7O. The van der Waals surface area contributed by atoms with Crippen LogP contribution in [0.2, 0.25) is 0 Å². The van der Waals surface area contributed by atoms with Gasteiger partial charge in [-0.25, -0.2) is 0 Å². The molecule has 8 heteroatoms. The number of pyridine rings is 1. The Kier molecular flexibility index (Phi) is 5.53. The molecule has 0 amide bonds. The fourth-order valence-corrected chi connectivity index (χ4v) is 4.46. The van der Waals surface area contributed by atoms with Gasteiger partial charge in [-0.05, 0) is 43.7 Å². The van der Waals surface area contributed by atoms with E-state index in [1.807, 2.05) is 24.4 Å². The number of aliphatic imine (C=N–C) groups is 1. The Balaban J connectivity index is 1.44. The molecule has 5 rings (SSSR count). The predicted octanol–water partition coefficient (Wildman–Crippen LogP) is 3.17. The van der Waals surface area contributed by atoms with Crippen LogP contribution in [0.4, 0.5) is 0 Å². The van der Waals surface area contributed by atoms with Crippen LogP contribution in [0.15, 0.2) is 53.5 Å². The van der Waals surface area contributed by atoms with Crippen LogP contribution in [0.1, 0.15) is 25.6 Å². The van der Waals surface area contributed by atoms with E-state index in [4.69, 9.17) is 4.74 Å². The molecule has 2 aliphatic heterocycles. The number of piperazine rings is 1. The van der Waals surface area contributed by atoms with Crippen molar-refractivity contribution in [2.75, 3.05) is 33.3 Å². The zero-order valence-corrected chi connectivity index (χ0v) is 18.7. The summed E-state index contributed by atoms with van der Waals surface area (Å²) in [7, 11) is 1.68. The molecule has 0 spiro atoms. The van der Waals surface area contributed by atoms with Crippen LogP contribution < -0.4 is 10.1 Å². The third-order valence-electron chi connectivity index (χ3n) is 6.34. The fraction of sp³-hybridized carbons (Fsp3) is 0.375. The lowest BCUT2D eigenvalue weighted by Crippen LogP contribution is -2.50. The Labute approximate surface area is 188 Å². The van der Waals surface area contributed by atoms with E-state index < -0.39 is 0 Å². The summed E-state index contributed by atoms with van der Waals surface area (Å²) < 4.78 is 5.53. The summed E-state index contributed by atoms with van der Waals surface area (Å²) in [6.45, 7) is 8.67. The zero-order valence-electron chi connectivity index (χ0n) is 18.7. The maximum absolute atomic E-state index is 5.53. The summed E-state index contributed by atoms with van der Waals surface area (Å²) in [6.07, 6.45) is 7.56. The summed E-state index contributed by atoms with van der Waals surface area (Å²) in [6, 6.07) is 8.56. The third-order valence-corrected chi connectivity index (χ3v) is 6.34. The van der Waals surface area contributed by atoms with E-state index in [1.165, 1.54) is 0 Å². The van der Waals surface area contributed by atoms with Crippen LogP contribution in [0.3, 0.4) is 0 Å². The Hall–Kier alpha value is -3.39. The van der Waals surface area contributed by atoms with Crippen LogP contribution in [0, 0.1) is 0 Å². The first kappa shape index (κ1) is 20.5. The minimum absolute atomic E-state index is 0.120. The smallest absolute Gasteiger partial charge is 0.129 e. The van der Waals surface area contributed by atoms with Crippen molar-refractivity contribution >= 4 is 17.2 Å². The van der Waals surface area contributed by atoms with Crippen LogP contribution in [-0.4, -0.2) is 70.7 Å². The highest BCUT2D eigenvalue weighted by Gasteiger charge is 2.24. The van der Waals surface area contributed by atoms with Gasteiger partial charge in [0.25, 0.3) is 0 Å². The molecule has 1 fully saturated rings. The number of H-pyrrole nitrogens is 1. The Morgan fingerprint density at radius 1 is 1.12 bits per heavy atom. The molecule has 2 aliphatic rings. The third kappa shape index (κ3) is 3.82. The van der Waals surface area contributed by atoms with E-state index in [0.717, 1.165) is 65.5 Å². The molecule has 32 heavy (non-hydrogen) atoms. The molecule has 0 saturated carbocycles. The highest BCUT2D eigenvalue weighted by Crippen LogP contribution is 2.34. The van der Waals surface area contributed by atoms with E-state index in [2.05, 4.69) is 61.3 Å². The van der Waals surface area contributed by atoms with Crippen molar-refractivity contribution in [3.05, 3.63) is 54.3 Å². The van der Waals surface area contributed by atoms with Crippen LogP contribution in [-0.2, 0) is 0 Å². The maximum atomic E-state index is 5.53. The summed E-state index contributed by atoms with van der Waals surface area (Å²) in [5, 5.41) is 12.1. The summed E-state index contributed by atoms with van der Waals surface area (Å²) in [5.74, 6) is 1.91. The average molecular weight is 432 g/mol. The predicted molar refractivity (Wildman–Crippen MR) is 127 cm³/mol. The van der Waals surface area contributed by atoms with Gasteiger partial charge in [-0.3, -0.25) is 20.0 Å². The topological polar surface area (TPSA) is 81.7 Å². The lowest BCUT2D eigenvalue weighted by Gasteiger charge is -2.39. The van der Waals surface area contributed by atoms with Crippen LogP contribution in [0.25, 0.3) is 22.0 Å². The van der Waals surface area contributed by atoms with Gasteiger partial charge in [0.15, 0.2) is 0 Å². The molecule has 0 bridgehead atoms. The number of aromatic amines is 1. The standard InChI is InChI=1S/C24H29N7O/c1-16(2)30-8-10-31(11-9-30)23-13-21(26-15-27-23)24-18-12-17(4-5-20(18)28-29-24)19-14-25-7-6-22(19)32-3/h4-7,12-16,21H,8-11H2,1-3H3,(H,26,27)(H,28,29). The monoisotopic (exact) mass is 431 g/mol. The summed E-state index contributed by atoms with van der Waals surface area (Å²) in [5.41, 5.74) is 3.90.